The lowest BCUT2D eigenvalue weighted by Gasteiger charge is -2.17. The van der Waals surface area contributed by atoms with Gasteiger partial charge in [0.2, 0.25) is 0 Å². The molecular formula is C13H17NO. The maximum atomic E-state index is 9.86. The molecule has 0 unspecified atom stereocenters. The fraction of sp³-hybridized carbons (Fsp3) is 0.308. The lowest BCUT2D eigenvalue weighted by atomic mass is 9.92. The van der Waals surface area contributed by atoms with Crippen LogP contribution in [0.2, 0.25) is 0 Å². The standard InChI is InChI=1S/C13H17NO/c1-5-6-7-11-9(2)8-10(3)13(15)12(11)14-4/h5-8,15H,1-4H3/b6-5-,11-7-,14-12?. The molecule has 0 aromatic heterocycles. The molecule has 0 saturated heterocycles. The summed E-state index contributed by atoms with van der Waals surface area (Å²) in [4.78, 5) is 4.13. The van der Waals surface area contributed by atoms with E-state index in [0.717, 1.165) is 16.7 Å². The van der Waals surface area contributed by atoms with Crippen LogP contribution in [-0.4, -0.2) is 17.9 Å². The van der Waals surface area contributed by atoms with Gasteiger partial charge in [-0.15, -0.1) is 0 Å². The predicted molar refractivity (Wildman–Crippen MR) is 65.3 cm³/mol. The number of allylic oxidation sites excluding steroid dienone is 7. The van der Waals surface area contributed by atoms with Crippen molar-refractivity contribution < 1.29 is 5.11 Å². The Morgan fingerprint density at radius 2 is 2.00 bits per heavy atom. The van der Waals surface area contributed by atoms with Crippen molar-refractivity contribution in [2.24, 2.45) is 4.99 Å². The third kappa shape index (κ3) is 2.27. The van der Waals surface area contributed by atoms with E-state index in [-0.39, 0.29) is 5.76 Å². The Labute approximate surface area is 91.0 Å². The average Bonchev–Trinajstić information content (AvgIpc) is 2.21. The zero-order chi connectivity index (χ0) is 11.4. The van der Waals surface area contributed by atoms with Crippen molar-refractivity contribution in [2.75, 3.05) is 7.05 Å². The molecule has 2 nitrogen and oxygen atoms in total. The first-order valence-electron chi connectivity index (χ1n) is 5.00. The van der Waals surface area contributed by atoms with Gasteiger partial charge in [0.15, 0.2) is 0 Å². The van der Waals surface area contributed by atoms with Gasteiger partial charge in [-0.1, -0.05) is 24.3 Å². The van der Waals surface area contributed by atoms with E-state index in [1.807, 2.05) is 45.1 Å². The van der Waals surface area contributed by atoms with Gasteiger partial charge in [0.05, 0.1) is 0 Å². The maximum Gasteiger partial charge on any atom is 0.144 e. The molecule has 0 aromatic carbocycles. The van der Waals surface area contributed by atoms with E-state index in [2.05, 4.69) is 4.99 Å². The first-order chi connectivity index (χ1) is 7.11. The molecule has 1 aliphatic rings. The van der Waals surface area contributed by atoms with Crippen molar-refractivity contribution in [1.29, 1.82) is 0 Å². The highest BCUT2D eigenvalue weighted by molar-refractivity contribution is 6.15. The Kier molecular flexibility index (Phi) is 3.67. The van der Waals surface area contributed by atoms with E-state index in [1.165, 1.54) is 0 Å². The second kappa shape index (κ2) is 4.78. The molecule has 0 fully saturated rings. The number of aliphatic hydroxyl groups is 1. The number of hydrogen-bond donors (Lipinski definition) is 1. The molecule has 1 aliphatic carbocycles. The summed E-state index contributed by atoms with van der Waals surface area (Å²) in [6.07, 6.45) is 7.84. The summed E-state index contributed by atoms with van der Waals surface area (Å²) < 4.78 is 0. The van der Waals surface area contributed by atoms with Crippen LogP contribution < -0.4 is 0 Å². The summed E-state index contributed by atoms with van der Waals surface area (Å²) in [7, 11) is 1.70. The second-order valence-electron chi connectivity index (χ2n) is 3.54. The summed E-state index contributed by atoms with van der Waals surface area (Å²) in [6.45, 7) is 5.87. The third-order valence-corrected chi connectivity index (χ3v) is 2.39. The molecule has 0 radical (unpaired) electrons. The Morgan fingerprint density at radius 3 is 2.53 bits per heavy atom. The van der Waals surface area contributed by atoms with Crippen molar-refractivity contribution in [3.63, 3.8) is 0 Å². The van der Waals surface area contributed by atoms with Crippen LogP contribution in [0.3, 0.4) is 0 Å². The summed E-state index contributed by atoms with van der Waals surface area (Å²) in [5.74, 6) is 0.277. The van der Waals surface area contributed by atoms with E-state index in [9.17, 15) is 5.11 Å². The Hall–Kier alpha value is -1.57. The number of hydrogen-bond acceptors (Lipinski definition) is 2. The highest BCUT2D eigenvalue weighted by atomic mass is 16.3. The monoisotopic (exact) mass is 203 g/mol. The molecule has 0 heterocycles. The van der Waals surface area contributed by atoms with Crippen LogP contribution in [0.4, 0.5) is 0 Å². The van der Waals surface area contributed by atoms with Crippen molar-refractivity contribution in [1.82, 2.24) is 0 Å². The Balaban J connectivity index is 3.28. The maximum absolute atomic E-state index is 9.86. The lowest BCUT2D eigenvalue weighted by Crippen LogP contribution is -2.13. The van der Waals surface area contributed by atoms with Gasteiger partial charge in [-0.2, -0.15) is 0 Å². The molecule has 0 aliphatic heterocycles. The number of aliphatic imine (C=N–C) groups is 1. The minimum absolute atomic E-state index is 0.277. The molecule has 80 valence electrons. The zero-order valence-corrected chi connectivity index (χ0v) is 9.70. The van der Waals surface area contributed by atoms with Crippen molar-refractivity contribution >= 4 is 5.71 Å². The van der Waals surface area contributed by atoms with Gasteiger partial charge in [0.25, 0.3) is 0 Å². The lowest BCUT2D eigenvalue weighted by molar-refractivity contribution is 0.437. The fourth-order valence-electron chi connectivity index (χ4n) is 1.60. The zero-order valence-electron chi connectivity index (χ0n) is 9.70. The van der Waals surface area contributed by atoms with Crippen molar-refractivity contribution in [2.45, 2.75) is 20.8 Å². The molecule has 0 atom stereocenters. The molecule has 0 amide bonds. The van der Waals surface area contributed by atoms with Gasteiger partial charge in [0, 0.05) is 12.6 Å². The third-order valence-electron chi connectivity index (χ3n) is 2.39. The second-order valence-corrected chi connectivity index (χ2v) is 3.54. The van der Waals surface area contributed by atoms with Gasteiger partial charge >= 0.3 is 0 Å². The molecule has 2 heteroatoms. The van der Waals surface area contributed by atoms with Gasteiger partial charge < -0.3 is 5.11 Å². The first kappa shape index (κ1) is 11.5. The molecule has 15 heavy (non-hydrogen) atoms. The minimum atomic E-state index is 0.277. The van der Waals surface area contributed by atoms with Gasteiger partial charge in [-0.05, 0) is 31.9 Å². The number of nitrogens with zero attached hydrogens (tertiary/aromatic N) is 1. The highest BCUT2D eigenvalue weighted by Crippen LogP contribution is 2.25. The van der Waals surface area contributed by atoms with E-state index in [0.29, 0.717) is 5.71 Å². The topological polar surface area (TPSA) is 32.6 Å². The summed E-state index contributed by atoms with van der Waals surface area (Å²) >= 11 is 0. The molecule has 0 spiro atoms. The molecule has 0 bridgehead atoms. The van der Waals surface area contributed by atoms with Crippen LogP contribution in [0.15, 0.2) is 51.8 Å². The molecule has 0 saturated carbocycles. The smallest absolute Gasteiger partial charge is 0.144 e. The highest BCUT2D eigenvalue weighted by Gasteiger charge is 2.18. The SMILES string of the molecule is C/C=C\C=C1\C(C)=CC(C)=C(O)C1=NC. The van der Waals surface area contributed by atoms with Gasteiger partial charge in [-0.25, -0.2) is 0 Å². The van der Waals surface area contributed by atoms with Crippen LogP contribution in [0.1, 0.15) is 20.8 Å². The quantitative estimate of drug-likeness (QED) is 0.696. The van der Waals surface area contributed by atoms with Crippen LogP contribution in [-0.2, 0) is 0 Å². The van der Waals surface area contributed by atoms with Gasteiger partial charge in [-0.3, -0.25) is 4.99 Å². The first-order valence-corrected chi connectivity index (χ1v) is 5.00. The van der Waals surface area contributed by atoms with E-state index < -0.39 is 0 Å². The predicted octanol–water partition coefficient (Wildman–Crippen LogP) is 3.35. The van der Waals surface area contributed by atoms with Crippen LogP contribution in [0.25, 0.3) is 0 Å². The fourth-order valence-corrected chi connectivity index (χ4v) is 1.60. The summed E-state index contributed by atoms with van der Waals surface area (Å²) in [5, 5.41) is 9.86. The molecule has 1 N–H and O–H groups in total. The Bertz CT molecular complexity index is 406. The molecule has 1 rings (SSSR count). The average molecular weight is 203 g/mol. The summed E-state index contributed by atoms with van der Waals surface area (Å²) in [5.41, 5.74) is 3.65. The summed E-state index contributed by atoms with van der Waals surface area (Å²) in [6, 6.07) is 0. The number of rotatable bonds is 1. The minimum Gasteiger partial charge on any atom is -0.505 e. The molecule has 0 aromatic rings. The normalized spacial score (nSPS) is 23.1. The van der Waals surface area contributed by atoms with Crippen LogP contribution in [0, 0.1) is 0 Å². The van der Waals surface area contributed by atoms with E-state index in [1.54, 1.807) is 7.05 Å². The number of aliphatic hydroxyl groups excluding tert-OH is 1. The Morgan fingerprint density at radius 1 is 1.33 bits per heavy atom. The van der Waals surface area contributed by atoms with Crippen LogP contribution >= 0.6 is 0 Å². The van der Waals surface area contributed by atoms with E-state index >= 15 is 0 Å². The van der Waals surface area contributed by atoms with Gasteiger partial charge in [0.1, 0.15) is 11.5 Å². The van der Waals surface area contributed by atoms with Crippen LogP contribution in [0.5, 0.6) is 0 Å². The molecular weight excluding hydrogens is 186 g/mol. The van der Waals surface area contributed by atoms with E-state index in [4.69, 9.17) is 0 Å². The largest absolute Gasteiger partial charge is 0.505 e. The van der Waals surface area contributed by atoms with Crippen molar-refractivity contribution in [3.05, 3.63) is 46.8 Å². The van der Waals surface area contributed by atoms with Crippen molar-refractivity contribution in [3.8, 4) is 0 Å².